The van der Waals surface area contributed by atoms with E-state index in [1.165, 1.54) is 0 Å². The molecular formula is C20H21NO3. The quantitative estimate of drug-likeness (QED) is 0.610. The summed E-state index contributed by atoms with van der Waals surface area (Å²) in [7, 11) is 0. The standard InChI is InChI=1S/C20H21NO3/c1-2-6-20(23)24-17-11-9-16(10-12-17)21-18(13-14-19(21)22)15-7-4-3-5-8-15/h3-5,7-12,18H,2,6,13-14H2,1H3. The summed E-state index contributed by atoms with van der Waals surface area (Å²) in [4.78, 5) is 25.7. The molecular weight excluding hydrogens is 302 g/mol. The minimum absolute atomic E-state index is 0.0622. The van der Waals surface area contributed by atoms with Crippen LogP contribution in [-0.2, 0) is 9.59 Å². The Labute approximate surface area is 142 Å². The minimum Gasteiger partial charge on any atom is -0.427 e. The highest BCUT2D eigenvalue weighted by atomic mass is 16.5. The van der Waals surface area contributed by atoms with Gasteiger partial charge in [0.15, 0.2) is 0 Å². The minimum atomic E-state index is -0.232. The molecule has 24 heavy (non-hydrogen) atoms. The van der Waals surface area contributed by atoms with Crippen molar-refractivity contribution >= 4 is 17.6 Å². The first-order valence-corrected chi connectivity index (χ1v) is 8.37. The molecule has 1 aliphatic rings. The Hall–Kier alpha value is -2.62. The lowest BCUT2D eigenvalue weighted by molar-refractivity contribution is -0.134. The Morgan fingerprint density at radius 1 is 1.12 bits per heavy atom. The molecule has 0 aromatic heterocycles. The number of carbonyl (C=O) groups is 2. The summed E-state index contributed by atoms with van der Waals surface area (Å²) in [6.07, 6.45) is 2.53. The molecule has 1 amide bonds. The molecule has 1 atom stereocenters. The van der Waals surface area contributed by atoms with Crippen molar-refractivity contribution in [3.05, 3.63) is 60.2 Å². The van der Waals surface area contributed by atoms with Gasteiger partial charge in [-0.1, -0.05) is 37.3 Å². The molecule has 0 saturated carbocycles. The molecule has 1 aliphatic heterocycles. The van der Waals surface area contributed by atoms with E-state index < -0.39 is 0 Å². The number of rotatable bonds is 5. The molecule has 1 saturated heterocycles. The van der Waals surface area contributed by atoms with E-state index in [4.69, 9.17) is 4.74 Å². The van der Waals surface area contributed by atoms with E-state index in [1.807, 2.05) is 42.2 Å². The van der Waals surface area contributed by atoms with E-state index in [0.29, 0.717) is 18.6 Å². The SMILES string of the molecule is CCCC(=O)Oc1ccc(N2C(=O)CCC2c2ccccc2)cc1. The van der Waals surface area contributed by atoms with Gasteiger partial charge >= 0.3 is 5.97 Å². The van der Waals surface area contributed by atoms with E-state index in [0.717, 1.165) is 24.1 Å². The predicted molar refractivity (Wildman–Crippen MR) is 92.9 cm³/mol. The zero-order chi connectivity index (χ0) is 16.9. The fraction of sp³-hybridized carbons (Fsp3) is 0.300. The highest BCUT2D eigenvalue weighted by Gasteiger charge is 2.33. The van der Waals surface area contributed by atoms with E-state index in [2.05, 4.69) is 12.1 Å². The van der Waals surface area contributed by atoms with Crippen molar-refractivity contribution in [1.29, 1.82) is 0 Å². The van der Waals surface area contributed by atoms with Crippen molar-refractivity contribution in [3.63, 3.8) is 0 Å². The molecule has 4 heteroatoms. The van der Waals surface area contributed by atoms with Crippen LogP contribution < -0.4 is 9.64 Å². The average Bonchev–Trinajstić information content (AvgIpc) is 2.98. The normalized spacial score (nSPS) is 17.1. The number of esters is 1. The third-order valence-corrected chi connectivity index (χ3v) is 4.20. The fourth-order valence-corrected chi connectivity index (χ4v) is 3.06. The van der Waals surface area contributed by atoms with Crippen LogP contribution in [0.2, 0.25) is 0 Å². The van der Waals surface area contributed by atoms with Gasteiger partial charge < -0.3 is 9.64 Å². The second-order valence-electron chi connectivity index (χ2n) is 5.95. The van der Waals surface area contributed by atoms with Gasteiger partial charge in [-0.15, -0.1) is 0 Å². The second kappa shape index (κ2) is 7.30. The molecule has 2 aromatic rings. The topological polar surface area (TPSA) is 46.6 Å². The summed E-state index contributed by atoms with van der Waals surface area (Å²) < 4.78 is 5.27. The molecule has 124 valence electrons. The maximum absolute atomic E-state index is 12.3. The summed E-state index contributed by atoms with van der Waals surface area (Å²) in [6, 6.07) is 17.3. The molecule has 0 aliphatic carbocycles. The van der Waals surface area contributed by atoms with Crippen molar-refractivity contribution in [2.75, 3.05) is 4.90 Å². The molecule has 1 unspecified atom stereocenters. The summed E-state index contributed by atoms with van der Waals surface area (Å²) in [5.74, 6) is 0.407. The molecule has 1 heterocycles. The zero-order valence-corrected chi connectivity index (χ0v) is 13.8. The molecule has 0 radical (unpaired) electrons. The Morgan fingerprint density at radius 2 is 1.83 bits per heavy atom. The number of hydrogen-bond donors (Lipinski definition) is 0. The van der Waals surface area contributed by atoms with Gasteiger partial charge in [0, 0.05) is 18.5 Å². The molecule has 0 spiro atoms. The highest BCUT2D eigenvalue weighted by Crippen LogP contribution is 2.37. The molecule has 0 N–H and O–H groups in total. The maximum atomic E-state index is 12.3. The fourth-order valence-electron chi connectivity index (χ4n) is 3.06. The first-order valence-electron chi connectivity index (χ1n) is 8.37. The lowest BCUT2D eigenvalue weighted by Crippen LogP contribution is -2.27. The lowest BCUT2D eigenvalue weighted by atomic mass is 10.0. The number of carbonyl (C=O) groups excluding carboxylic acids is 2. The highest BCUT2D eigenvalue weighted by molar-refractivity contribution is 5.96. The Balaban J connectivity index is 1.79. The van der Waals surface area contributed by atoms with E-state index >= 15 is 0 Å². The largest absolute Gasteiger partial charge is 0.427 e. The number of benzene rings is 2. The molecule has 2 aromatic carbocycles. The van der Waals surface area contributed by atoms with Crippen molar-refractivity contribution < 1.29 is 14.3 Å². The summed E-state index contributed by atoms with van der Waals surface area (Å²) in [5, 5.41) is 0. The number of nitrogens with zero attached hydrogens (tertiary/aromatic N) is 1. The number of ether oxygens (including phenoxy) is 1. The third-order valence-electron chi connectivity index (χ3n) is 4.20. The lowest BCUT2D eigenvalue weighted by Gasteiger charge is -2.25. The van der Waals surface area contributed by atoms with Crippen LogP contribution in [-0.4, -0.2) is 11.9 Å². The smallest absolute Gasteiger partial charge is 0.311 e. The number of hydrogen-bond acceptors (Lipinski definition) is 3. The van der Waals surface area contributed by atoms with Gasteiger partial charge in [-0.2, -0.15) is 0 Å². The Bertz CT molecular complexity index is 709. The van der Waals surface area contributed by atoms with Crippen LogP contribution >= 0.6 is 0 Å². The van der Waals surface area contributed by atoms with Gasteiger partial charge in [0.05, 0.1) is 6.04 Å². The molecule has 1 fully saturated rings. The predicted octanol–water partition coefficient (Wildman–Crippen LogP) is 4.26. The van der Waals surface area contributed by atoms with E-state index in [1.54, 1.807) is 12.1 Å². The van der Waals surface area contributed by atoms with Gasteiger partial charge in [-0.3, -0.25) is 9.59 Å². The maximum Gasteiger partial charge on any atom is 0.311 e. The van der Waals surface area contributed by atoms with Crippen LogP contribution in [0.1, 0.15) is 44.2 Å². The van der Waals surface area contributed by atoms with Gasteiger partial charge in [0.2, 0.25) is 5.91 Å². The Morgan fingerprint density at radius 3 is 2.50 bits per heavy atom. The number of anilines is 1. The average molecular weight is 323 g/mol. The first kappa shape index (κ1) is 16.2. The second-order valence-corrected chi connectivity index (χ2v) is 5.95. The summed E-state index contributed by atoms with van der Waals surface area (Å²) >= 11 is 0. The number of amides is 1. The van der Waals surface area contributed by atoms with Crippen LogP contribution in [0.5, 0.6) is 5.75 Å². The zero-order valence-electron chi connectivity index (χ0n) is 13.8. The van der Waals surface area contributed by atoms with Crippen molar-refractivity contribution in [2.45, 2.75) is 38.6 Å². The van der Waals surface area contributed by atoms with Crippen LogP contribution in [0.15, 0.2) is 54.6 Å². The van der Waals surface area contributed by atoms with Crippen LogP contribution in [0.3, 0.4) is 0 Å². The molecule has 3 rings (SSSR count). The van der Waals surface area contributed by atoms with E-state index in [-0.39, 0.29) is 17.9 Å². The Kier molecular flexibility index (Phi) is 4.94. The molecule has 0 bridgehead atoms. The van der Waals surface area contributed by atoms with Gasteiger partial charge in [0.1, 0.15) is 5.75 Å². The van der Waals surface area contributed by atoms with Crippen molar-refractivity contribution in [3.8, 4) is 5.75 Å². The van der Waals surface area contributed by atoms with Crippen LogP contribution in [0.4, 0.5) is 5.69 Å². The first-order chi connectivity index (χ1) is 11.7. The van der Waals surface area contributed by atoms with E-state index in [9.17, 15) is 9.59 Å². The van der Waals surface area contributed by atoms with Gasteiger partial charge in [-0.25, -0.2) is 0 Å². The van der Waals surface area contributed by atoms with Crippen LogP contribution in [0.25, 0.3) is 0 Å². The van der Waals surface area contributed by atoms with Gasteiger partial charge in [-0.05, 0) is 42.7 Å². The third kappa shape index (κ3) is 3.48. The van der Waals surface area contributed by atoms with Crippen molar-refractivity contribution in [1.82, 2.24) is 0 Å². The van der Waals surface area contributed by atoms with Crippen LogP contribution in [0, 0.1) is 0 Å². The molecule has 4 nitrogen and oxygen atoms in total. The monoisotopic (exact) mass is 323 g/mol. The summed E-state index contributed by atoms with van der Waals surface area (Å²) in [6.45, 7) is 1.94. The van der Waals surface area contributed by atoms with Gasteiger partial charge in [0.25, 0.3) is 0 Å². The van der Waals surface area contributed by atoms with Crippen molar-refractivity contribution in [2.24, 2.45) is 0 Å². The summed E-state index contributed by atoms with van der Waals surface area (Å²) in [5.41, 5.74) is 1.98.